The summed E-state index contributed by atoms with van der Waals surface area (Å²) in [4.78, 5) is 48.4. The summed E-state index contributed by atoms with van der Waals surface area (Å²) in [5.74, 6) is -0.791. The molecule has 1 aromatic carbocycles. The molecule has 3 amide bonds. The van der Waals surface area contributed by atoms with Crippen molar-refractivity contribution in [2.45, 2.75) is 77.0 Å². The number of nitrogens with one attached hydrogen (secondary N) is 2. The SMILES string of the molecule is Cn1c(=O)n(C2CCC(=O)NC2=O)c2ccc(/C=C/CC(C)(O)CCCNC(=O)OC(C)(C)C)cc21. The molecule has 1 aliphatic rings. The normalized spacial score (nSPS) is 18.3. The van der Waals surface area contributed by atoms with E-state index in [1.165, 1.54) is 9.13 Å². The Bertz CT molecular complexity index is 1230. The highest BCUT2D eigenvalue weighted by atomic mass is 16.6. The lowest BCUT2D eigenvalue weighted by atomic mass is 9.95. The third-order valence-electron chi connectivity index (χ3n) is 6.06. The van der Waals surface area contributed by atoms with Crippen molar-refractivity contribution < 1.29 is 24.2 Å². The molecular formula is C26H36N4O6. The molecule has 36 heavy (non-hydrogen) atoms. The third-order valence-corrected chi connectivity index (χ3v) is 6.06. The van der Waals surface area contributed by atoms with E-state index in [4.69, 9.17) is 4.74 Å². The van der Waals surface area contributed by atoms with Gasteiger partial charge in [-0.2, -0.15) is 0 Å². The van der Waals surface area contributed by atoms with Gasteiger partial charge in [0, 0.05) is 20.0 Å². The van der Waals surface area contributed by atoms with Gasteiger partial charge in [0.2, 0.25) is 11.8 Å². The summed E-state index contributed by atoms with van der Waals surface area (Å²) in [6.07, 6.45) is 5.26. The molecule has 196 valence electrons. The van der Waals surface area contributed by atoms with Crippen LogP contribution in [0.1, 0.15) is 71.4 Å². The second-order valence-electron chi connectivity index (χ2n) is 10.6. The molecule has 10 heteroatoms. The maximum Gasteiger partial charge on any atom is 0.407 e. The smallest absolute Gasteiger partial charge is 0.407 e. The minimum atomic E-state index is -0.946. The zero-order chi connectivity index (χ0) is 26.7. The fourth-order valence-electron chi connectivity index (χ4n) is 4.24. The van der Waals surface area contributed by atoms with Crippen molar-refractivity contribution in [1.29, 1.82) is 0 Å². The molecule has 0 spiro atoms. The Kier molecular flexibility index (Phi) is 8.08. The summed E-state index contributed by atoms with van der Waals surface area (Å²) in [7, 11) is 1.65. The number of hydrogen-bond donors (Lipinski definition) is 3. The predicted octanol–water partition coefficient (Wildman–Crippen LogP) is 2.78. The molecule has 1 saturated heterocycles. The van der Waals surface area contributed by atoms with Crippen LogP contribution in [0.5, 0.6) is 0 Å². The van der Waals surface area contributed by atoms with Gasteiger partial charge in [-0.1, -0.05) is 18.2 Å². The fourth-order valence-corrected chi connectivity index (χ4v) is 4.24. The quantitative estimate of drug-likeness (QED) is 0.377. The Hall–Kier alpha value is -3.40. The first-order chi connectivity index (χ1) is 16.8. The van der Waals surface area contributed by atoms with Crippen molar-refractivity contribution in [3.8, 4) is 0 Å². The van der Waals surface area contributed by atoms with E-state index in [-0.39, 0.29) is 24.4 Å². The number of imide groups is 1. The van der Waals surface area contributed by atoms with Crippen LogP contribution in [-0.2, 0) is 21.4 Å². The van der Waals surface area contributed by atoms with Crippen molar-refractivity contribution >= 4 is 35.0 Å². The lowest BCUT2D eigenvalue weighted by molar-refractivity contribution is -0.135. The highest BCUT2D eigenvalue weighted by molar-refractivity contribution is 6.00. The largest absolute Gasteiger partial charge is 0.444 e. The van der Waals surface area contributed by atoms with Gasteiger partial charge in [-0.15, -0.1) is 0 Å². The minimum Gasteiger partial charge on any atom is -0.444 e. The topological polar surface area (TPSA) is 132 Å². The number of alkyl carbamates (subject to hydrolysis) is 1. The highest BCUT2D eigenvalue weighted by Gasteiger charge is 2.31. The molecule has 2 aromatic rings. The standard InChI is InChI=1S/C26H36N4O6/c1-25(2,3)36-23(33)27-15-7-14-26(4,35)13-6-8-17-9-10-18-20(16-17)29(5)24(34)30(18)19-11-12-21(31)28-22(19)32/h6,8-10,16,19,35H,7,11-15H2,1-5H3,(H,27,33)(H,28,31,32)/b8-6+. The van der Waals surface area contributed by atoms with Crippen LogP contribution in [-0.4, -0.2) is 49.9 Å². The first-order valence-electron chi connectivity index (χ1n) is 12.2. The first kappa shape index (κ1) is 27.2. The number of amides is 3. The van der Waals surface area contributed by atoms with Gasteiger partial charge < -0.3 is 15.2 Å². The van der Waals surface area contributed by atoms with E-state index in [0.29, 0.717) is 36.8 Å². The fraction of sp³-hybridized carbons (Fsp3) is 0.538. The number of carbonyl (C=O) groups excluding carboxylic acids is 3. The molecule has 2 atom stereocenters. The highest BCUT2D eigenvalue weighted by Crippen LogP contribution is 2.24. The monoisotopic (exact) mass is 500 g/mol. The molecule has 0 aliphatic carbocycles. The van der Waals surface area contributed by atoms with Crippen LogP contribution in [0.2, 0.25) is 0 Å². The molecule has 1 fully saturated rings. The molecule has 2 heterocycles. The number of carbonyl (C=O) groups is 3. The van der Waals surface area contributed by atoms with Crippen molar-refractivity contribution in [2.24, 2.45) is 7.05 Å². The summed E-state index contributed by atoms with van der Waals surface area (Å²) in [6.45, 7) is 7.56. The van der Waals surface area contributed by atoms with Crippen LogP contribution < -0.4 is 16.3 Å². The molecule has 2 unspecified atom stereocenters. The van der Waals surface area contributed by atoms with E-state index in [1.54, 1.807) is 40.8 Å². The summed E-state index contributed by atoms with van der Waals surface area (Å²) >= 11 is 0. The van der Waals surface area contributed by atoms with Gasteiger partial charge in [-0.3, -0.25) is 24.0 Å². The predicted molar refractivity (Wildman–Crippen MR) is 136 cm³/mol. The third kappa shape index (κ3) is 6.84. The Morgan fingerprint density at radius 2 is 1.94 bits per heavy atom. The van der Waals surface area contributed by atoms with Crippen molar-refractivity contribution in [3.63, 3.8) is 0 Å². The van der Waals surface area contributed by atoms with Gasteiger partial charge in [0.25, 0.3) is 0 Å². The number of aryl methyl sites for hydroxylation is 1. The second kappa shape index (κ2) is 10.7. The molecule has 3 N–H and O–H groups in total. The Morgan fingerprint density at radius 1 is 1.22 bits per heavy atom. The van der Waals surface area contributed by atoms with E-state index in [9.17, 15) is 24.3 Å². The zero-order valence-corrected chi connectivity index (χ0v) is 21.6. The molecule has 0 radical (unpaired) electrons. The number of benzene rings is 1. The van der Waals surface area contributed by atoms with Crippen molar-refractivity contribution in [3.05, 3.63) is 40.3 Å². The molecule has 0 saturated carbocycles. The summed E-state index contributed by atoms with van der Waals surface area (Å²) < 4.78 is 8.13. The van der Waals surface area contributed by atoms with Crippen LogP contribution >= 0.6 is 0 Å². The number of fused-ring (bicyclic) bond motifs is 1. The van der Waals surface area contributed by atoms with Crippen LogP contribution in [0.15, 0.2) is 29.1 Å². The Balaban J connectivity index is 1.61. The van der Waals surface area contributed by atoms with Gasteiger partial charge in [-0.05, 0) is 71.1 Å². The van der Waals surface area contributed by atoms with Crippen LogP contribution in [0, 0.1) is 0 Å². The summed E-state index contributed by atoms with van der Waals surface area (Å²) in [6, 6.07) is 4.77. The number of piperidine rings is 1. The number of aliphatic hydroxyl groups is 1. The van der Waals surface area contributed by atoms with Crippen LogP contribution in [0.3, 0.4) is 0 Å². The number of rotatable bonds is 8. The molecular weight excluding hydrogens is 464 g/mol. The van der Waals surface area contributed by atoms with Crippen molar-refractivity contribution in [2.75, 3.05) is 6.54 Å². The Morgan fingerprint density at radius 3 is 2.61 bits per heavy atom. The van der Waals surface area contributed by atoms with Gasteiger partial charge >= 0.3 is 11.8 Å². The molecule has 10 nitrogen and oxygen atoms in total. The van der Waals surface area contributed by atoms with Crippen LogP contribution in [0.4, 0.5) is 4.79 Å². The average Bonchev–Trinajstić information content (AvgIpc) is 3.00. The first-order valence-corrected chi connectivity index (χ1v) is 12.2. The molecule has 1 aromatic heterocycles. The zero-order valence-electron chi connectivity index (χ0n) is 21.6. The van der Waals surface area contributed by atoms with Gasteiger partial charge in [0.15, 0.2) is 0 Å². The molecule has 0 bridgehead atoms. The molecule has 3 rings (SSSR count). The van der Waals surface area contributed by atoms with Crippen molar-refractivity contribution in [1.82, 2.24) is 19.8 Å². The average molecular weight is 501 g/mol. The maximum absolute atomic E-state index is 12.9. The van der Waals surface area contributed by atoms with E-state index in [1.807, 2.05) is 24.3 Å². The minimum absolute atomic E-state index is 0.192. The van der Waals surface area contributed by atoms with E-state index in [0.717, 1.165) is 5.56 Å². The van der Waals surface area contributed by atoms with Gasteiger partial charge in [0.1, 0.15) is 11.6 Å². The summed E-state index contributed by atoms with van der Waals surface area (Å²) in [5, 5.41) is 15.7. The van der Waals surface area contributed by atoms with Gasteiger partial charge in [-0.25, -0.2) is 9.59 Å². The lowest BCUT2D eigenvalue weighted by Gasteiger charge is -2.22. The lowest BCUT2D eigenvalue weighted by Crippen LogP contribution is -2.44. The molecule has 1 aliphatic heterocycles. The second-order valence-corrected chi connectivity index (χ2v) is 10.6. The van der Waals surface area contributed by atoms with E-state index >= 15 is 0 Å². The maximum atomic E-state index is 12.9. The number of imidazole rings is 1. The number of ether oxygens (including phenoxy) is 1. The van der Waals surface area contributed by atoms with Crippen LogP contribution in [0.25, 0.3) is 17.1 Å². The van der Waals surface area contributed by atoms with Gasteiger partial charge in [0.05, 0.1) is 16.6 Å². The van der Waals surface area contributed by atoms with E-state index in [2.05, 4.69) is 10.6 Å². The Labute approximate surface area is 210 Å². The number of hydrogen-bond acceptors (Lipinski definition) is 6. The number of nitrogens with zero attached hydrogens (tertiary/aromatic N) is 2. The van der Waals surface area contributed by atoms with E-state index < -0.39 is 29.2 Å². The summed E-state index contributed by atoms with van der Waals surface area (Å²) in [5.41, 5.74) is 0.330. The number of aromatic nitrogens is 2.